The van der Waals surface area contributed by atoms with E-state index in [1.165, 1.54) is 12.0 Å². The molecule has 0 heterocycles. The van der Waals surface area contributed by atoms with Crippen LogP contribution in [0.15, 0.2) is 30.3 Å². The second-order valence-corrected chi connectivity index (χ2v) is 7.64. The first-order chi connectivity index (χ1) is 8.92. The number of hydrogen-bond donors (Lipinski definition) is 0. The van der Waals surface area contributed by atoms with Gasteiger partial charge in [0.25, 0.3) is 0 Å². The van der Waals surface area contributed by atoms with Gasteiger partial charge in [0, 0.05) is 16.2 Å². The van der Waals surface area contributed by atoms with E-state index in [2.05, 4.69) is 51.1 Å². The summed E-state index contributed by atoms with van der Waals surface area (Å²) in [5.74, 6) is 0.570. The molecule has 1 aromatic rings. The third-order valence-electron chi connectivity index (χ3n) is 7.22. The van der Waals surface area contributed by atoms with Crippen LogP contribution >= 0.6 is 0 Å². The normalized spacial score (nSPS) is 40.9. The standard InChI is InChI=1S/C18H22O/c1-15(2)16(3)9-12-18(15,13-7-5-4-6-8-13)17(10-11-17)14(16)19/h4-8H,9-12H2,1-3H3. The molecule has 2 atom stereocenters. The van der Waals surface area contributed by atoms with E-state index in [1.807, 2.05) is 0 Å². The van der Waals surface area contributed by atoms with Crippen LogP contribution in [-0.4, -0.2) is 5.78 Å². The van der Waals surface area contributed by atoms with Gasteiger partial charge in [-0.2, -0.15) is 0 Å². The molecule has 1 aromatic carbocycles. The topological polar surface area (TPSA) is 17.1 Å². The van der Waals surface area contributed by atoms with Crippen LogP contribution in [0.2, 0.25) is 0 Å². The van der Waals surface area contributed by atoms with Crippen LogP contribution in [0.4, 0.5) is 0 Å². The Hall–Kier alpha value is -1.11. The number of rotatable bonds is 1. The van der Waals surface area contributed by atoms with Crippen LogP contribution in [-0.2, 0) is 10.2 Å². The third-order valence-corrected chi connectivity index (χ3v) is 7.22. The first-order valence-corrected chi connectivity index (χ1v) is 7.53. The van der Waals surface area contributed by atoms with Crippen molar-refractivity contribution in [3.05, 3.63) is 35.9 Å². The highest BCUT2D eigenvalue weighted by molar-refractivity contribution is 5.99. The number of carbonyl (C=O) groups excluding carboxylic acids is 1. The number of fused-ring (bicyclic) bond motifs is 3. The van der Waals surface area contributed by atoms with Crippen molar-refractivity contribution in [3.8, 4) is 0 Å². The molecule has 0 saturated heterocycles. The van der Waals surface area contributed by atoms with Crippen molar-refractivity contribution in [1.82, 2.24) is 0 Å². The first kappa shape index (κ1) is 11.7. The minimum atomic E-state index is -0.112. The average Bonchev–Trinajstić information content (AvgIpc) is 3.14. The minimum absolute atomic E-state index is 0.0230. The molecule has 0 aromatic heterocycles. The van der Waals surface area contributed by atoms with Crippen LogP contribution in [0.5, 0.6) is 0 Å². The predicted octanol–water partition coefficient (Wildman–Crippen LogP) is 4.11. The van der Waals surface area contributed by atoms with Gasteiger partial charge in [0.15, 0.2) is 0 Å². The quantitative estimate of drug-likeness (QED) is 0.737. The Bertz CT molecular complexity index is 567. The summed E-state index contributed by atoms with van der Waals surface area (Å²) >= 11 is 0. The van der Waals surface area contributed by atoms with Gasteiger partial charge in [-0.05, 0) is 36.7 Å². The summed E-state index contributed by atoms with van der Waals surface area (Å²) in [6.07, 6.45) is 4.47. The molecule has 0 amide bonds. The zero-order chi connectivity index (χ0) is 13.5. The fourth-order valence-corrected chi connectivity index (χ4v) is 5.77. The number of carbonyl (C=O) groups is 1. The van der Waals surface area contributed by atoms with Gasteiger partial charge >= 0.3 is 0 Å². The average molecular weight is 254 g/mol. The highest BCUT2D eigenvalue weighted by atomic mass is 16.1. The van der Waals surface area contributed by atoms with E-state index in [0.29, 0.717) is 5.78 Å². The van der Waals surface area contributed by atoms with Gasteiger partial charge in [-0.3, -0.25) is 4.79 Å². The van der Waals surface area contributed by atoms with Crippen molar-refractivity contribution in [2.75, 3.05) is 0 Å². The number of Topliss-reactive ketones (excluding diaryl/α,β-unsaturated/α-hetero) is 1. The van der Waals surface area contributed by atoms with Crippen molar-refractivity contribution >= 4 is 5.78 Å². The van der Waals surface area contributed by atoms with E-state index in [9.17, 15) is 4.79 Å². The summed E-state index contributed by atoms with van der Waals surface area (Å²) in [6, 6.07) is 10.9. The SMILES string of the molecule is CC12CCC(c3ccccc3)(C3(CC3)C1=O)C2(C)C. The molecule has 3 aliphatic rings. The summed E-state index contributed by atoms with van der Waals surface area (Å²) in [5.41, 5.74) is 1.44. The Morgan fingerprint density at radius 1 is 0.895 bits per heavy atom. The summed E-state index contributed by atoms with van der Waals surface area (Å²) in [7, 11) is 0. The molecule has 2 bridgehead atoms. The van der Waals surface area contributed by atoms with Gasteiger partial charge in [-0.15, -0.1) is 0 Å². The molecule has 19 heavy (non-hydrogen) atoms. The molecule has 4 rings (SSSR count). The largest absolute Gasteiger partial charge is 0.298 e. The Morgan fingerprint density at radius 2 is 1.53 bits per heavy atom. The number of benzene rings is 1. The van der Waals surface area contributed by atoms with Crippen LogP contribution in [0.1, 0.15) is 52.0 Å². The van der Waals surface area contributed by atoms with Crippen LogP contribution in [0, 0.1) is 16.2 Å². The van der Waals surface area contributed by atoms with E-state index >= 15 is 0 Å². The first-order valence-electron chi connectivity index (χ1n) is 7.53. The smallest absolute Gasteiger partial charge is 0.146 e. The van der Waals surface area contributed by atoms with Crippen molar-refractivity contribution in [3.63, 3.8) is 0 Å². The zero-order valence-corrected chi connectivity index (χ0v) is 12.1. The van der Waals surface area contributed by atoms with Crippen LogP contribution in [0.3, 0.4) is 0 Å². The van der Waals surface area contributed by atoms with E-state index in [-0.39, 0.29) is 21.7 Å². The van der Waals surface area contributed by atoms with Gasteiger partial charge in [0.2, 0.25) is 0 Å². The van der Waals surface area contributed by atoms with Gasteiger partial charge in [-0.25, -0.2) is 0 Å². The molecule has 1 spiro atoms. The van der Waals surface area contributed by atoms with E-state index in [0.717, 1.165) is 19.3 Å². The van der Waals surface area contributed by atoms with Crippen LogP contribution in [0.25, 0.3) is 0 Å². The van der Waals surface area contributed by atoms with Crippen molar-refractivity contribution < 1.29 is 4.79 Å². The highest BCUT2D eigenvalue weighted by Crippen LogP contribution is 2.83. The molecule has 3 fully saturated rings. The molecule has 0 N–H and O–H groups in total. The van der Waals surface area contributed by atoms with Gasteiger partial charge in [0.1, 0.15) is 5.78 Å². The minimum Gasteiger partial charge on any atom is -0.298 e. The summed E-state index contributed by atoms with van der Waals surface area (Å²) in [5, 5.41) is 0. The molecule has 2 unspecified atom stereocenters. The summed E-state index contributed by atoms with van der Waals surface area (Å²) in [6.45, 7) is 6.92. The second-order valence-electron chi connectivity index (χ2n) is 7.64. The molecule has 1 nitrogen and oxygen atoms in total. The lowest BCUT2D eigenvalue weighted by atomic mass is 9.59. The monoisotopic (exact) mass is 254 g/mol. The Labute approximate surface area is 115 Å². The molecule has 1 heteroatoms. The van der Waals surface area contributed by atoms with E-state index in [4.69, 9.17) is 0 Å². The Kier molecular flexibility index (Phi) is 1.83. The molecule has 3 aliphatic carbocycles. The lowest BCUT2D eigenvalue weighted by Crippen LogP contribution is -2.42. The highest BCUT2D eigenvalue weighted by Gasteiger charge is 2.84. The molecular weight excluding hydrogens is 232 g/mol. The maximum atomic E-state index is 13.1. The molecular formula is C18H22O. The van der Waals surface area contributed by atoms with Crippen molar-refractivity contribution in [2.45, 2.75) is 51.9 Å². The van der Waals surface area contributed by atoms with E-state index in [1.54, 1.807) is 0 Å². The summed E-state index contributed by atoms with van der Waals surface area (Å²) < 4.78 is 0. The number of hydrogen-bond acceptors (Lipinski definition) is 1. The maximum Gasteiger partial charge on any atom is 0.146 e. The Morgan fingerprint density at radius 3 is 2.11 bits per heavy atom. The summed E-state index contributed by atoms with van der Waals surface area (Å²) in [4.78, 5) is 13.1. The second kappa shape index (κ2) is 2.97. The molecule has 0 aliphatic heterocycles. The number of ketones is 1. The van der Waals surface area contributed by atoms with Crippen LogP contribution < -0.4 is 0 Å². The Balaban J connectivity index is 2.03. The van der Waals surface area contributed by atoms with Crippen molar-refractivity contribution in [1.29, 1.82) is 0 Å². The molecule has 100 valence electrons. The zero-order valence-electron chi connectivity index (χ0n) is 12.1. The van der Waals surface area contributed by atoms with Crippen molar-refractivity contribution in [2.24, 2.45) is 16.2 Å². The maximum absolute atomic E-state index is 13.1. The predicted molar refractivity (Wildman–Crippen MR) is 75.9 cm³/mol. The lowest BCUT2D eigenvalue weighted by Gasteiger charge is -2.43. The molecule has 3 saturated carbocycles. The third kappa shape index (κ3) is 0.917. The molecule has 0 radical (unpaired) electrons. The van der Waals surface area contributed by atoms with Gasteiger partial charge in [0.05, 0.1) is 0 Å². The fourth-order valence-electron chi connectivity index (χ4n) is 5.77. The fraction of sp³-hybridized carbons (Fsp3) is 0.611. The lowest BCUT2D eigenvalue weighted by molar-refractivity contribution is -0.133. The van der Waals surface area contributed by atoms with Gasteiger partial charge < -0.3 is 0 Å². The van der Waals surface area contributed by atoms with Gasteiger partial charge in [-0.1, -0.05) is 51.1 Å². The van der Waals surface area contributed by atoms with E-state index < -0.39 is 0 Å².